The van der Waals surface area contributed by atoms with E-state index >= 15 is 0 Å². The van der Waals surface area contributed by atoms with Crippen LogP contribution in [0.4, 0.5) is 0 Å². The third-order valence-corrected chi connectivity index (χ3v) is 6.21. The summed E-state index contributed by atoms with van der Waals surface area (Å²) >= 11 is 0. The summed E-state index contributed by atoms with van der Waals surface area (Å²) in [5, 5.41) is 0. The van der Waals surface area contributed by atoms with Crippen LogP contribution < -0.4 is 11.2 Å². The fourth-order valence-electron chi connectivity index (χ4n) is 4.54. The van der Waals surface area contributed by atoms with E-state index in [1.165, 1.54) is 30.9 Å². The van der Waals surface area contributed by atoms with Gasteiger partial charge in [-0.25, -0.2) is 4.79 Å². The molecule has 146 valence electrons. The number of hydrogen-bond donors (Lipinski definition) is 0. The van der Waals surface area contributed by atoms with Gasteiger partial charge in [0.05, 0.1) is 0 Å². The number of rotatable bonds is 3. The van der Waals surface area contributed by atoms with Crippen LogP contribution in [0.2, 0.25) is 0 Å². The first-order chi connectivity index (χ1) is 12.8. The molecule has 0 N–H and O–H groups in total. The van der Waals surface area contributed by atoms with E-state index in [4.69, 9.17) is 0 Å². The van der Waals surface area contributed by atoms with Crippen molar-refractivity contribution in [3.63, 3.8) is 0 Å². The molecule has 3 aromatic rings. The first-order valence-electron chi connectivity index (χ1n) is 9.71. The molecule has 0 amide bonds. The summed E-state index contributed by atoms with van der Waals surface area (Å²) in [5.41, 5.74) is 1.29. The van der Waals surface area contributed by atoms with Crippen LogP contribution in [0.1, 0.15) is 38.8 Å². The molecule has 0 aliphatic carbocycles. The lowest BCUT2D eigenvalue weighted by Gasteiger charge is -2.39. The maximum absolute atomic E-state index is 12.7. The average Bonchev–Trinajstić information content (AvgIpc) is 3.13. The maximum atomic E-state index is 12.7. The van der Waals surface area contributed by atoms with Gasteiger partial charge in [0.2, 0.25) is 5.78 Å². The molecule has 0 spiro atoms. The second kappa shape index (κ2) is 6.37. The van der Waals surface area contributed by atoms with Gasteiger partial charge in [-0.1, -0.05) is 6.42 Å². The SMILES string of the molecule is Cc1cn2c3c(=O)n(C)c(=O)n(C)c3nc2n1CCN1[C@H](C)CCC[C@@H]1C. The second-order valence-corrected chi connectivity index (χ2v) is 7.95. The zero-order valence-electron chi connectivity index (χ0n) is 16.8. The monoisotopic (exact) mass is 372 g/mol. The molecule has 0 unspecified atom stereocenters. The molecule has 1 aliphatic rings. The highest BCUT2D eigenvalue weighted by atomic mass is 16.2. The van der Waals surface area contributed by atoms with Crippen molar-refractivity contribution >= 4 is 16.9 Å². The maximum Gasteiger partial charge on any atom is 0.332 e. The molecule has 1 aliphatic heterocycles. The van der Waals surface area contributed by atoms with Crippen molar-refractivity contribution in [2.45, 2.75) is 58.7 Å². The highest BCUT2D eigenvalue weighted by molar-refractivity contribution is 5.75. The zero-order valence-corrected chi connectivity index (χ0v) is 16.8. The number of piperidine rings is 1. The Morgan fingerprint density at radius 3 is 2.41 bits per heavy atom. The van der Waals surface area contributed by atoms with Crippen molar-refractivity contribution < 1.29 is 0 Å². The van der Waals surface area contributed by atoms with Crippen molar-refractivity contribution in [2.24, 2.45) is 14.1 Å². The Hall–Kier alpha value is -2.35. The van der Waals surface area contributed by atoms with Gasteiger partial charge in [-0.2, -0.15) is 4.98 Å². The summed E-state index contributed by atoms with van der Waals surface area (Å²) in [6.07, 6.45) is 5.74. The molecule has 0 aromatic carbocycles. The van der Waals surface area contributed by atoms with Gasteiger partial charge in [-0.05, 0) is 33.6 Å². The van der Waals surface area contributed by atoms with Gasteiger partial charge >= 0.3 is 5.69 Å². The fraction of sp³-hybridized carbons (Fsp3) is 0.632. The molecule has 1 fully saturated rings. The van der Waals surface area contributed by atoms with Gasteiger partial charge in [-0.3, -0.25) is 23.2 Å². The largest absolute Gasteiger partial charge is 0.332 e. The minimum absolute atomic E-state index is 0.309. The lowest BCUT2D eigenvalue weighted by atomic mass is 9.98. The number of imidazole rings is 2. The Balaban J connectivity index is 1.79. The van der Waals surface area contributed by atoms with Gasteiger partial charge in [-0.15, -0.1) is 0 Å². The zero-order chi connectivity index (χ0) is 19.5. The average molecular weight is 372 g/mol. The highest BCUT2D eigenvalue weighted by Crippen LogP contribution is 2.23. The lowest BCUT2D eigenvalue weighted by molar-refractivity contribution is 0.0993. The lowest BCUT2D eigenvalue weighted by Crippen LogP contribution is -2.45. The standard InChI is InChI=1S/C19H28N6O2/c1-12-7-6-8-13(2)23(12)9-10-24-14(3)11-25-15-16(20-18(24)25)21(4)19(27)22(5)17(15)26/h11-13H,6-10H2,1-5H3/t12-,13+. The van der Waals surface area contributed by atoms with E-state index in [1.54, 1.807) is 7.05 Å². The quantitative estimate of drug-likeness (QED) is 0.694. The van der Waals surface area contributed by atoms with E-state index in [1.807, 2.05) is 17.5 Å². The third kappa shape index (κ3) is 2.65. The van der Waals surface area contributed by atoms with Crippen molar-refractivity contribution in [3.8, 4) is 0 Å². The Labute approximate surface area is 157 Å². The summed E-state index contributed by atoms with van der Waals surface area (Å²) in [4.78, 5) is 32.1. The van der Waals surface area contributed by atoms with Crippen LogP contribution in [0.3, 0.4) is 0 Å². The van der Waals surface area contributed by atoms with Gasteiger partial charge in [0, 0.05) is 51.2 Å². The molecule has 0 radical (unpaired) electrons. The van der Waals surface area contributed by atoms with Crippen LogP contribution in [-0.2, 0) is 20.6 Å². The molecular formula is C19H28N6O2. The molecule has 8 heteroatoms. The van der Waals surface area contributed by atoms with Gasteiger partial charge in [0.15, 0.2) is 11.2 Å². The van der Waals surface area contributed by atoms with Crippen molar-refractivity contribution in [1.82, 2.24) is 28.0 Å². The predicted octanol–water partition coefficient (Wildman–Crippen LogP) is 1.26. The van der Waals surface area contributed by atoms with Gasteiger partial charge in [0.25, 0.3) is 5.56 Å². The predicted molar refractivity (Wildman–Crippen MR) is 105 cm³/mol. The van der Waals surface area contributed by atoms with Gasteiger partial charge in [0.1, 0.15) is 0 Å². The molecule has 4 rings (SSSR count). The summed E-state index contributed by atoms with van der Waals surface area (Å²) < 4.78 is 6.56. The first-order valence-corrected chi connectivity index (χ1v) is 9.71. The van der Waals surface area contributed by atoms with Crippen molar-refractivity contribution in [1.29, 1.82) is 0 Å². The molecule has 4 heterocycles. The molecule has 0 saturated carbocycles. The van der Waals surface area contributed by atoms with E-state index in [2.05, 4.69) is 28.3 Å². The Bertz CT molecular complexity index is 1120. The molecule has 3 aromatic heterocycles. The first kappa shape index (κ1) is 18.0. The summed E-state index contributed by atoms with van der Waals surface area (Å²) in [7, 11) is 3.16. The topological polar surface area (TPSA) is 69.5 Å². The van der Waals surface area contributed by atoms with Crippen molar-refractivity contribution in [3.05, 3.63) is 32.7 Å². The van der Waals surface area contributed by atoms with E-state index in [9.17, 15) is 9.59 Å². The number of nitrogens with zero attached hydrogens (tertiary/aromatic N) is 6. The van der Waals surface area contributed by atoms with E-state index in [0.29, 0.717) is 23.2 Å². The third-order valence-electron chi connectivity index (χ3n) is 6.21. The van der Waals surface area contributed by atoms with E-state index in [-0.39, 0.29) is 11.2 Å². The van der Waals surface area contributed by atoms with Crippen molar-refractivity contribution in [2.75, 3.05) is 6.54 Å². The number of aryl methyl sites for hydroxylation is 2. The minimum atomic E-state index is -0.354. The summed E-state index contributed by atoms with van der Waals surface area (Å²) in [6, 6.07) is 1.18. The summed E-state index contributed by atoms with van der Waals surface area (Å²) in [5.74, 6) is 0.720. The van der Waals surface area contributed by atoms with Gasteiger partial charge < -0.3 is 4.57 Å². The smallest absolute Gasteiger partial charge is 0.313 e. The molecule has 2 atom stereocenters. The van der Waals surface area contributed by atoms with Crippen LogP contribution in [0.15, 0.2) is 15.8 Å². The van der Waals surface area contributed by atoms with Crippen LogP contribution in [-0.4, -0.2) is 46.6 Å². The fourth-order valence-corrected chi connectivity index (χ4v) is 4.54. The molecule has 27 heavy (non-hydrogen) atoms. The molecular weight excluding hydrogens is 344 g/mol. The molecule has 8 nitrogen and oxygen atoms in total. The Morgan fingerprint density at radius 1 is 1.07 bits per heavy atom. The van der Waals surface area contributed by atoms with Crippen LogP contribution in [0.5, 0.6) is 0 Å². The number of likely N-dealkylation sites (tertiary alicyclic amines) is 1. The normalized spacial score (nSPS) is 21.5. The van der Waals surface area contributed by atoms with E-state index < -0.39 is 0 Å². The van der Waals surface area contributed by atoms with E-state index in [0.717, 1.165) is 29.1 Å². The molecule has 0 bridgehead atoms. The minimum Gasteiger partial charge on any atom is -0.313 e. The Morgan fingerprint density at radius 2 is 1.74 bits per heavy atom. The second-order valence-electron chi connectivity index (χ2n) is 7.95. The molecule has 1 saturated heterocycles. The highest BCUT2D eigenvalue weighted by Gasteiger charge is 2.25. The summed E-state index contributed by atoms with van der Waals surface area (Å²) in [6.45, 7) is 8.41. The van der Waals surface area contributed by atoms with Crippen LogP contribution in [0.25, 0.3) is 16.9 Å². The van der Waals surface area contributed by atoms with Crippen LogP contribution in [0, 0.1) is 6.92 Å². The number of aromatic nitrogens is 5. The number of fused-ring (bicyclic) bond motifs is 3. The number of hydrogen-bond acceptors (Lipinski definition) is 4. The van der Waals surface area contributed by atoms with Crippen LogP contribution >= 0.6 is 0 Å². The Kier molecular flexibility index (Phi) is 4.25.